The Morgan fingerprint density at radius 1 is 1.39 bits per heavy atom. The smallest absolute Gasteiger partial charge is 0.337 e. The molecule has 0 aliphatic carbocycles. The number of hydrogen-bond acceptors (Lipinski definition) is 4. The molecule has 1 aromatic carbocycles. The minimum atomic E-state index is -1.03. The van der Waals surface area contributed by atoms with Crippen molar-refractivity contribution in [1.82, 2.24) is 9.88 Å². The number of benzene rings is 1. The number of rotatable bonds is 5. The Hall–Kier alpha value is -2.11. The molecule has 3 rings (SSSR count). The molecule has 1 fully saturated rings. The third-order valence-corrected chi connectivity index (χ3v) is 4.24. The summed E-state index contributed by atoms with van der Waals surface area (Å²) in [5.41, 5.74) is 1.40. The summed E-state index contributed by atoms with van der Waals surface area (Å²) in [5.74, 6) is -0.482. The molecule has 1 saturated heterocycles. The molecule has 5 nitrogen and oxygen atoms in total. The van der Waals surface area contributed by atoms with Crippen molar-refractivity contribution in [2.24, 2.45) is 0 Å². The highest BCUT2D eigenvalue weighted by molar-refractivity contribution is 6.33. The van der Waals surface area contributed by atoms with E-state index in [9.17, 15) is 4.79 Å². The zero-order chi connectivity index (χ0) is 16.2. The molecule has 2 aromatic rings. The molecular weight excluding hydrogens is 314 g/mol. The number of carbonyl (C=O) groups is 1. The standard InChI is InChI=1S/C17H18ClN3O2/c18-15-8-13(17(22)23)9-19-16(15)20-14-6-7-21(11-14)10-12-4-2-1-3-5-12/h1-5,8-9,14H,6-7,10-11H2,(H,19,20)(H,22,23)/t14-/m1/s1. The summed E-state index contributed by atoms with van der Waals surface area (Å²) < 4.78 is 0. The Morgan fingerprint density at radius 3 is 2.87 bits per heavy atom. The van der Waals surface area contributed by atoms with E-state index in [0.29, 0.717) is 10.8 Å². The van der Waals surface area contributed by atoms with Crippen molar-refractivity contribution in [3.63, 3.8) is 0 Å². The van der Waals surface area contributed by atoms with Gasteiger partial charge in [0.15, 0.2) is 0 Å². The van der Waals surface area contributed by atoms with E-state index in [1.54, 1.807) is 0 Å². The molecule has 120 valence electrons. The number of hydrogen-bond donors (Lipinski definition) is 2. The van der Waals surface area contributed by atoms with E-state index in [0.717, 1.165) is 26.1 Å². The maximum absolute atomic E-state index is 10.9. The predicted octanol–water partition coefficient (Wildman–Crippen LogP) is 3.12. The second-order valence-corrected chi connectivity index (χ2v) is 6.12. The zero-order valence-electron chi connectivity index (χ0n) is 12.6. The Labute approximate surface area is 139 Å². The van der Waals surface area contributed by atoms with Crippen molar-refractivity contribution in [2.75, 3.05) is 18.4 Å². The molecule has 6 heteroatoms. The highest BCUT2D eigenvalue weighted by Crippen LogP contribution is 2.23. The summed E-state index contributed by atoms with van der Waals surface area (Å²) in [7, 11) is 0. The normalized spacial score (nSPS) is 18.0. The average Bonchev–Trinajstić information content (AvgIpc) is 2.97. The van der Waals surface area contributed by atoms with Crippen LogP contribution in [0.2, 0.25) is 5.02 Å². The molecule has 1 aliphatic heterocycles. The SMILES string of the molecule is O=C(O)c1cnc(N[C@@H]2CCN(Cc3ccccc3)C2)c(Cl)c1. The van der Waals surface area contributed by atoms with Crippen LogP contribution in [0.25, 0.3) is 0 Å². The second kappa shape index (κ2) is 6.98. The summed E-state index contributed by atoms with van der Waals surface area (Å²) >= 11 is 6.12. The minimum Gasteiger partial charge on any atom is -0.478 e. The van der Waals surface area contributed by atoms with E-state index < -0.39 is 5.97 Å². The molecule has 0 unspecified atom stereocenters. The molecule has 1 atom stereocenters. The lowest BCUT2D eigenvalue weighted by Crippen LogP contribution is -2.26. The Balaban J connectivity index is 1.59. The summed E-state index contributed by atoms with van der Waals surface area (Å²) in [4.78, 5) is 17.4. The van der Waals surface area contributed by atoms with Gasteiger partial charge in [0.25, 0.3) is 0 Å². The topological polar surface area (TPSA) is 65.5 Å². The van der Waals surface area contributed by atoms with Crippen molar-refractivity contribution in [1.29, 1.82) is 0 Å². The van der Waals surface area contributed by atoms with Gasteiger partial charge < -0.3 is 10.4 Å². The largest absolute Gasteiger partial charge is 0.478 e. The van der Waals surface area contributed by atoms with Crippen LogP contribution >= 0.6 is 11.6 Å². The molecular formula is C17H18ClN3O2. The number of likely N-dealkylation sites (tertiary alicyclic amines) is 1. The number of carboxylic acids is 1. The molecule has 0 saturated carbocycles. The van der Waals surface area contributed by atoms with Gasteiger partial charge in [-0.1, -0.05) is 41.9 Å². The Kier molecular flexibility index (Phi) is 4.79. The van der Waals surface area contributed by atoms with Gasteiger partial charge in [-0.05, 0) is 18.1 Å². The van der Waals surface area contributed by atoms with Crippen molar-refractivity contribution in [3.05, 3.63) is 58.7 Å². The van der Waals surface area contributed by atoms with E-state index in [4.69, 9.17) is 16.7 Å². The quantitative estimate of drug-likeness (QED) is 0.881. The lowest BCUT2D eigenvalue weighted by Gasteiger charge is -2.17. The van der Waals surface area contributed by atoms with Crippen LogP contribution in [-0.4, -0.2) is 40.1 Å². The van der Waals surface area contributed by atoms with Crippen LogP contribution in [0.3, 0.4) is 0 Å². The molecule has 0 radical (unpaired) electrons. The fraction of sp³-hybridized carbons (Fsp3) is 0.294. The van der Waals surface area contributed by atoms with Gasteiger partial charge in [-0.15, -0.1) is 0 Å². The number of nitrogens with one attached hydrogen (secondary N) is 1. The van der Waals surface area contributed by atoms with E-state index in [2.05, 4.69) is 39.5 Å². The maximum Gasteiger partial charge on any atom is 0.337 e. The van der Waals surface area contributed by atoms with Gasteiger partial charge in [0.1, 0.15) is 5.82 Å². The van der Waals surface area contributed by atoms with Crippen molar-refractivity contribution < 1.29 is 9.90 Å². The van der Waals surface area contributed by atoms with E-state index >= 15 is 0 Å². The van der Waals surface area contributed by atoms with Gasteiger partial charge in [-0.3, -0.25) is 4.90 Å². The fourth-order valence-electron chi connectivity index (χ4n) is 2.79. The van der Waals surface area contributed by atoms with Crippen LogP contribution in [0, 0.1) is 0 Å². The van der Waals surface area contributed by atoms with Gasteiger partial charge >= 0.3 is 5.97 Å². The highest BCUT2D eigenvalue weighted by atomic mass is 35.5. The first-order valence-corrected chi connectivity index (χ1v) is 7.91. The Bertz CT molecular complexity index is 693. The number of halogens is 1. The molecule has 1 aliphatic rings. The van der Waals surface area contributed by atoms with Crippen molar-refractivity contribution in [2.45, 2.75) is 19.0 Å². The van der Waals surface area contributed by atoms with Crippen molar-refractivity contribution >= 4 is 23.4 Å². The maximum atomic E-state index is 10.9. The summed E-state index contributed by atoms with van der Waals surface area (Å²) in [6.45, 7) is 2.85. The van der Waals surface area contributed by atoms with Crippen LogP contribution in [0.4, 0.5) is 5.82 Å². The minimum absolute atomic E-state index is 0.0951. The van der Waals surface area contributed by atoms with E-state index in [-0.39, 0.29) is 11.6 Å². The number of carboxylic acid groups (broad SMARTS) is 1. The molecule has 0 bridgehead atoms. The number of pyridine rings is 1. The third-order valence-electron chi connectivity index (χ3n) is 3.95. The van der Waals surface area contributed by atoms with E-state index in [1.165, 1.54) is 17.8 Å². The molecule has 23 heavy (non-hydrogen) atoms. The van der Waals surface area contributed by atoms with Crippen molar-refractivity contribution in [3.8, 4) is 0 Å². The van der Waals surface area contributed by atoms with Gasteiger partial charge in [0, 0.05) is 31.9 Å². The monoisotopic (exact) mass is 331 g/mol. The first-order chi connectivity index (χ1) is 11.1. The van der Waals surface area contributed by atoms with Gasteiger partial charge in [0.2, 0.25) is 0 Å². The molecule has 0 spiro atoms. The van der Waals surface area contributed by atoms with E-state index in [1.807, 2.05) is 6.07 Å². The first kappa shape index (κ1) is 15.8. The van der Waals surface area contributed by atoms with Gasteiger partial charge in [-0.25, -0.2) is 9.78 Å². The van der Waals surface area contributed by atoms with Crippen LogP contribution < -0.4 is 5.32 Å². The number of nitrogens with zero attached hydrogens (tertiary/aromatic N) is 2. The van der Waals surface area contributed by atoms with Gasteiger partial charge in [0.05, 0.1) is 10.6 Å². The number of aromatic carboxylic acids is 1. The average molecular weight is 332 g/mol. The molecule has 1 aromatic heterocycles. The summed E-state index contributed by atoms with van der Waals surface area (Å²) in [6.07, 6.45) is 2.33. The first-order valence-electron chi connectivity index (χ1n) is 7.53. The Morgan fingerprint density at radius 2 is 2.17 bits per heavy atom. The van der Waals surface area contributed by atoms with Gasteiger partial charge in [-0.2, -0.15) is 0 Å². The predicted molar refractivity (Wildman–Crippen MR) is 90.0 cm³/mol. The van der Waals surface area contributed by atoms with Crippen LogP contribution in [0.15, 0.2) is 42.6 Å². The molecule has 2 heterocycles. The third kappa shape index (κ3) is 4.00. The lowest BCUT2D eigenvalue weighted by molar-refractivity contribution is 0.0696. The summed E-state index contributed by atoms with van der Waals surface area (Å²) in [5, 5.41) is 12.6. The molecule has 2 N–H and O–H groups in total. The fourth-order valence-corrected chi connectivity index (χ4v) is 3.01. The van der Waals surface area contributed by atoms with Crippen LogP contribution in [-0.2, 0) is 6.54 Å². The number of aromatic nitrogens is 1. The van der Waals surface area contributed by atoms with Crippen LogP contribution in [0.1, 0.15) is 22.3 Å². The lowest BCUT2D eigenvalue weighted by atomic mass is 10.2. The summed E-state index contributed by atoms with van der Waals surface area (Å²) in [6, 6.07) is 12.1. The van der Waals surface area contributed by atoms with Crippen LogP contribution in [0.5, 0.6) is 0 Å². The number of anilines is 1. The second-order valence-electron chi connectivity index (χ2n) is 5.71. The molecule has 0 amide bonds. The highest BCUT2D eigenvalue weighted by Gasteiger charge is 2.23. The zero-order valence-corrected chi connectivity index (χ0v) is 13.3.